The predicted molar refractivity (Wildman–Crippen MR) is 58.5 cm³/mol. The van der Waals surface area contributed by atoms with Gasteiger partial charge >= 0.3 is 0 Å². The lowest BCUT2D eigenvalue weighted by atomic mass is 10.1. The number of piperidine rings is 1. The molecule has 0 bridgehead atoms. The van der Waals surface area contributed by atoms with E-state index in [1.165, 1.54) is 18.5 Å². The molecule has 3 N–H and O–H groups in total. The summed E-state index contributed by atoms with van der Waals surface area (Å²) in [5, 5.41) is 7.86. The van der Waals surface area contributed by atoms with E-state index in [0.29, 0.717) is 6.04 Å². The molecule has 15 heavy (non-hydrogen) atoms. The molecule has 0 amide bonds. The van der Waals surface area contributed by atoms with Crippen LogP contribution in [0.25, 0.3) is 0 Å². The Bertz CT molecular complexity index is 347. The zero-order valence-corrected chi connectivity index (χ0v) is 8.95. The topological polar surface area (TPSA) is 55.9 Å². The first-order chi connectivity index (χ1) is 7.30. The van der Waals surface area contributed by atoms with Crippen LogP contribution >= 0.6 is 0 Å². The maximum Gasteiger partial charge on any atom is 0.0648 e. The molecule has 2 aliphatic rings. The molecule has 4 heteroatoms. The van der Waals surface area contributed by atoms with Crippen LogP contribution in [0.4, 0.5) is 0 Å². The minimum Gasteiger partial charge on any atom is -0.320 e. The molecule has 1 saturated heterocycles. The zero-order chi connectivity index (χ0) is 10.3. The number of hydrogen-bond acceptors (Lipinski definition) is 3. The Morgan fingerprint density at radius 2 is 2.40 bits per heavy atom. The van der Waals surface area contributed by atoms with Crippen LogP contribution in [0.5, 0.6) is 0 Å². The van der Waals surface area contributed by atoms with E-state index in [4.69, 9.17) is 5.73 Å². The van der Waals surface area contributed by atoms with Gasteiger partial charge in [-0.05, 0) is 38.3 Å². The number of nitrogens with zero attached hydrogens (tertiary/aromatic N) is 2. The Hall–Kier alpha value is -0.870. The highest BCUT2D eigenvalue weighted by atomic mass is 15.3. The Kier molecular flexibility index (Phi) is 2.07. The predicted octanol–water partition coefficient (Wildman–Crippen LogP) is 0.755. The smallest absolute Gasteiger partial charge is 0.0648 e. The first-order valence-corrected chi connectivity index (χ1v) is 5.83. The van der Waals surface area contributed by atoms with Crippen molar-refractivity contribution in [3.8, 4) is 0 Å². The lowest BCUT2D eigenvalue weighted by molar-refractivity contribution is 0.332. The second-order valence-corrected chi connectivity index (χ2v) is 4.82. The molecule has 2 fully saturated rings. The van der Waals surface area contributed by atoms with Crippen molar-refractivity contribution in [3.05, 3.63) is 18.0 Å². The Morgan fingerprint density at radius 3 is 3.07 bits per heavy atom. The third-order valence-electron chi connectivity index (χ3n) is 3.59. The van der Waals surface area contributed by atoms with Crippen molar-refractivity contribution in [3.63, 3.8) is 0 Å². The van der Waals surface area contributed by atoms with Crippen molar-refractivity contribution >= 4 is 0 Å². The van der Waals surface area contributed by atoms with Gasteiger partial charge in [-0.15, -0.1) is 0 Å². The largest absolute Gasteiger partial charge is 0.320 e. The fourth-order valence-corrected chi connectivity index (χ4v) is 2.43. The highest BCUT2D eigenvalue weighted by Gasteiger charge is 2.43. The lowest BCUT2D eigenvalue weighted by Gasteiger charge is -2.26. The van der Waals surface area contributed by atoms with Gasteiger partial charge < -0.3 is 11.1 Å². The van der Waals surface area contributed by atoms with Crippen molar-refractivity contribution in [2.45, 2.75) is 37.3 Å². The van der Waals surface area contributed by atoms with Crippen LogP contribution in [-0.4, -0.2) is 22.9 Å². The average molecular weight is 206 g/mol. The van der Waals surface area contributed by atoms with Gasteiger partial charge in [-0.25, -0.2) is 0 Å². The van der Waals surface area contributed by atoms with E-state index in [1.54, 1.807) is 0 Å². The molecule has 1 unspecified atom stereocenters. The summed E-state index contributed by atoms with van der Waals surface area (Å²) < 4.78 is 2.15. The van der Waals surface area contributed by atoms with Gasteiger partial charge in [0.05, 0.1) is 17.3 Å². The zero-order valence-electron chi connectivity index (χ0n) is 8.95. The second kappa shape index (κ2) is 3.32. The van der Waals surface area contributed by atoms with Gasteiger partial charge in [0.1, 0.15) is 0 Å². The summed E-state index contributed by atoms with van der Waals surface area (Å²) in [6.07, 6.45) is 6.56. The molecule has 1 aliphatic carbocycles. The minimum absolute atomic E-state index is 0.0616. The van der Waals surface area contributed by atoms with Crippen LogP contribution < -0.4 is 11.1 Å². The highest BCUT2D eigenvalue weighted by molar-refractivity contribution is 5.22. The van der Waals surface area contributed by atoms with Gasteiger partial charge in [0.25, 0.3) is 0 Å². The van der Waals surface area contributed by atoms with E-state index in [9.17, 15) is 0 Å². The molecule has 1 aliphatic heterocycles. The fourth-order valence-electron chi connectivity index (χ4n) is 2.43. The minimum atomic E-state index is -0.0616. The summed E-state index contributed by atoms with van der Waals surface area (Å²) in [5.41, 5.74) is 7.41. The van der Waals surface area contributed by atoms with Crippen LogP contribution in [0.2, 0.25) is 0 Å². The molecular formula is C11H18N4. The van der Waals surface area contributed by atoms with Gasteiger partial charge in [0, 0.05) is 12.7 Å². The molecule has 0 aromatic carbocycles. The molecule has 0 spiro atoms. The van der Waals surface area contributed by atoms with Gasteiger partial charge in [0.15, 0.2) is 0 Å². The van der Waals surface area contributed by atoms with Gasteiger partial charge in [-0.1, -0.05) is 0 Å². The molecule has 1 atom stereocenters. The van der Waals surface area contributed by atoms with E-state index in [1.807, 2.05) is 6.20 Å². The molecule has 1 saturated carbocycles. The molecule has 0 radical (unpaired) electrons. The molecular weight excluding hydrogens is 188 g/mol. The molecule has 3 rings (SSSR count). The number of hydrogen-bond donors (Lipinski definition) is 2. The lowest BCUT2D eigenvalue weighted by Crippen LogP contribution is -2.35. The normalized spacial score (nSPS) is 29.0. The number of nitrogens with two attached hydrogens (primary N) is 1. The molecule has 1 aromatic rings. The summed E-state index contributed by atoms with van der Waals surface area (Å²) in [6, 6.07) is 2.59. The Labute approximate surface area is 89.8 Å². The molecule has 2 heterocycles. The van der Waals surface area contributed by atoms with Crippen molar-refractivity contribution in [1.82, 2.24) is 15.1 Å². The van der Waals surface area contributed by atoms with Crippen LogP contribution in [0.3, 0.4) is 0 Å². The van der Waals surface area contributed by atoms with Gasteiger partial charge in [-0.2, -0.15) is 5.10 Å². The molecule has 4 nitrogen and oxygen atoms in total. The molecule has 82 valence electrons. The van der Waals surface area contributed by atoms with Crippen LogP contribution in [0.1, 0.15) is 37.4 Å². The van der Waals surface area contributed by atoms with E-state index < -0.39 is 0 Å². The summed E-state index contributed by atoms with van der Waals surface area (Å²) in [7, 11) is 0. The first-order valence-electron chi connectivity index (χ1n) is 5.83. The Morgan fingerprint density at radius 1 is 1.53 bits per heavy atom. The highest BCUT2D eigenvalue weighted by Crippen LogP contribution is 2.43. The van der Waals surface area contributed by atoms with E-state index >= 15 is 0 Å². The summed E-state index contributed by atoms with van der Waals surface area (Å²) in [4.78, 5) is 0. The summed E-state index contributed by atoms with van der Waals surface area (Å²) in [6.45, 7) is 2.17. The van der Waals surface area contributed by atoms with Crippen molar-refractivity contribution in [2.75, 3.05) is 13.1 Å². The van der Waals surface area contributed by atoms with Crippen LogP contribution in [-0.2, 0) is 5.54 Å². The quantitative estimate of drug-likeness (QED) is 0.751. The van der Waals surface area contributed by atoms with Crippen LogP contribution in [0, 0.1) is 0 Å². The number of nitrogens with one attached hydrogen (secondary N) is 1. The standard InChI is InChI=1S/C11H18N4/c12-11(4-5-11)10-3-7-14-15(10)9-2-1-6-13-8-9/h3,7,9,13H,1-2,4-6,8,12H2. The average Bonchev–Trinajstić information content (AvgIpc) is 2.85. The van der Waals surface area contributed by atoms with E-state index in [-0.39, 0.29) is 5.54 Å². The monoisotopic (exact) mass is 206 g/mol. The fraction of sp³-hybridized carbons (Fsp3) is 0.727. The second-order valence-electron chi connectivity index (χ2n) is 4.82. The van der Waals surface area contributed by atoms with Crippen molar-refractivity contribution < 1.29 is 0 Å². The maximum atomic E-state index is 6.24. The Balaban J connectivity index is 1.87. The summed E-state index contributed by atoms with van der Waals surface area (Å²) >= 11 is 0. The van der Waals surface area contributed by atoms with Crippen molar-refractivity contribution in [2.24, 2.45) is 5.73 Å². The number of rotatable bonds is 2. The number of aromatic nitrogens is 2. The first kappa shape index (κ1) is 9.36. The van der Waals surface area contributed by atoms with Crippen molar-refractivity contribution in [1.29, 1.82) is 0 Å². The molecule has 1 aromatic heterocycles. The third kappa shape index (κ3) is 1.58. The van der Waals surface area contributed by atoms with E-state index in [2.05, 4.69) is 21.2 Å². The summed E-state index contributed by atoms with van der Waals surface area (Å²) in [5.74, 6) is 0. The van der Waals surface area contributed by atoms with Crippen LogP contribution in [0.15, 0.2) is 12.3 Å². The van der Waals surface area contributed by atoms with E-state index in [0.717, 1.165) is 25.9 Å². The van der Waals surface area contributed by atoms with Gasteiger partial charge in [-0.3, -0.25) is 4.68 Å². The van der Waals surface area contributed by atoms with Gasteiger partial charge in [0.2, 0.25) is 0 Å². The maximum absolute atomic E-state index is 6.24. The third-order valence-corrected chi connectivity index (χ3v) is 3.59. The SMILES string of the molecule is NC1(c2ccnn2C2CCCNC2)CC1.